The average molecular weight is 460 g/mol. The maximum Gasteiger partial charge on any atom is 0.416 e. The van der Waals surface area contributed by atoms with Crippen LogP contribution in [0.5, 0.6) is 5.75 Å². The minimum absolute atomic E-state index is 0.0634. The molecule has 166 valence electrons. The highest BCUT2D eigenvalue weighted by Gasteiger charge is 2.32. The molecule has 0 aromatic heterocycles. The van der Waals surface area contributed by atoms with E-state index in [0.29, 0.717) is 18.5 Å². The largest absolute Gasteiger partial charge is 0.453 e. The summed E-state index contributed by atoms with van der Waals surface area (Å²) < 4.78 is 72.6. The molecule has 0 bridgehead atoms. The van der Waals surface area contributed by atoms with E-state index in [-0.39, 0.29) is 17.1 Å². The van der Waals surface area contributed by atoms with Crippen molar-refractivity contribution in [1.29, 1.82) is 0 Å². The van der Waals surface area contributed by atoms with Crippen molar-refractivity contribution >= 4 is 40.0 Å². The highest BCUT2D eigenvalue weighted by molar-refractivity contribution is 7.87. The molecule has 0 unspecified atom stereocenters. The number of alkyl halides is 3. The molecule has 0 aliphatic rings. The van der Waals surface area contributed by atoms with Crippen LogP contribution in [0.2, 0.25) is 0 Å². The number of guanidine groups is 1. The van der Waals surface area contributed by atoms with Crippen LogP contribution in [0.25, 0.3) is 0 Å². The molecule has 14 heteroatoms. The number of hydrogen-bond acceptors (Lipinski definition) is 7. The molecule has 10 nitrogen and oxygen atoms in total. The first-order valence-corrected chi connectivity index (χ1v) is 9.52. The van der Waals surface area contributed by atoms with Gasteiger partial charge in [-0.1, -0.05) is 6.07 Å². The number of halogens is 3. The number of methoxy groups -OCH3 is 1. The minimum Gasteiger partial charge on any atom is -0.453 e. The molecule has 4 N–H and O–H groups in total. The predicted octanol–water partition coefficient (Wildman–Crippen LogP) is 2.34. The molecule has 0 spiro atoms. The zero-order valence-corrected chi connectivity index (χ0v) is 16.5. The molecule has 2 rings (SSSR count). The van der Waals surface area contributed by atoms with Crippen LogP contribution in [0.3, 0.4) is 0 Å². The van der Waals surface area contributed by atoms with E-state index in [2.05, 4.69) is 15.0 Å². The number of benzene rings is 2. The average Bonchev–Trinajstić information content (AvgIpc) is 2.69. The van der Waals surface area contributed by atoms with Gasteiger partial charge in [-0.25, -0.2) is 9.79 Å². The Morgan fingerprint density at radius 3 is 2.52 bits per heavy atom. The number of rotatable bonds is 6. The maximum absolute atomic E-state index is 12.9. The fourth-order valence-corrected chi connectivity index (χ4v) is 3.13. The summed E-state index contributed by atoms with van der Waals surface area (Å²) in [5.74, 6) is -0.808. The van der Waals surface area contributed by atoms with Gasteiger partial charge in [0.15, 0.2) is 0 Å². The van der Waals surface area contributed by atoms with Crippen LogP contribution in [0.1, 0.15) is 5.56 Å². The van der Waals surface area contributed by atoms with Gasteiger partial charge in [-0.2, -0.15) is 21.6 Å². The van der Waals surface area contributed by atoms with Crippen LogP contribution >= 0.6 is 0 Å². The third kappa shape index (κ3) is 6.33. The van der Waals surface area contributed by atoms with Gasteiger partial charge in [-0.15, -0.1) is 0 Å². The Bertz CT molecular complexity index is 1120. The molecule has 0 saturated heterocycles. The Kier molecular flexibility index (Phi) is 7.07. The van der Waals surface area contributed by atoms with Gasteiger partial charge in [0.25, 0.3) is 0 Å². The van der Waals surface area contributed by atoms with Gasteiger partial charge in [-0.05, 0) is 30.3 Å². The molecular formula is C17H15F3N4O6S. The molecule has 2 amide bonds. The molecular weight excluding hydrogens is 445 g/mol. The van der Waals surface area contributed by atoms with E-state index >= 15 is 0 Å². The van der Waals surface area contributed by atoms with Gasteiger partial charge >= 0.3 is 22.4 Å². The zero-order valence-electron chi connectivity index (χ0n) is 15.6. The molecule has 0 radical (unpaired) electrons. The van der Waals surface area contributed by atoms with Gasteiger partial charge in [0.05, 0.1) is 24.0 Å². The Labute approximate surface area is 174 Å². The van der Waals surface area contributed by atoms with E-state index < -0.39 is 38.8 Å². The summed E-state index contributed by atoms with van der Waals surface area (Å²) >= 11 is 0. The van der Waals surface area contributed by atoms with Crippen molar-refractivity contribution in [2.45, 2.75) is 11.1 Å². The number of nitrogens with zero attached hydrogens (tertiary/aromatic N) is 1. The van der Waals surface area contributed by atoms with Crippen LogP contribution in [0, 0.1) is 0 Å². The standard InChI is InChI=1S/C17H15F3N4O6S/c1-29-16(26)24-15(21)23-14-8-11(5-6-13(14)22-9-25)30-31(27,28)12-4-2-3-10(7-12)17(18,19)20/h2-9H,1H3,(H,22,25)(H3,21,23,24,26). The van der Waals surface area contributed by atoms with E-state index in [1.54, 1.807) is 0 Å². The number of aliphatic imine (C=N–C) groups is 1. The number of carbonyl (C=O) groups excluding carboxylic acids is 2. The number of hydrogen-bond donors (Lipinski definition) is 3. The van der Waals surface area contributed by atoms with Crippen molar-refractivity contribution in [1.82, 2.24) is 5.32 Å². The topological polar surface area (TPSA) is 149 Å². The highest BCUT2D eigenvalue weighted by Crippen LogP contribution is 2.33. The lowest BCUT2D eigenvalue weighted by atomic mass is 10.2. The van der Waals surface area contributed by atoms with Crippen LogP contribution < -0.4 is 20.6 Å². The first kappa shape index (κ1) is 23.5. The fraction of sp³-hybridized carbons (Fsp3) is 0.118. The van der Waals surface area contributed by atoms with Crippen LogP contribution in [-0.4, -0.2) is 34.0 Å². The van der Waals surface area contributed by atoms with Gasteiger partial charge < -0.3 is 20.0 Å². The summed E-state index contributed by atoms with van der Waals surface area (Å²) in [5.41, 5.74) is 4.29. The summed E-state index contributed by atoms with van der Waals surface area (Å²) in [4.78, 5) is 25.0. The summed E-state index contributed by atoms with van der Waals surface area (Å²) in [6, 6.07) is 6.35. The molecule has 0 heterocycles. The Hall–Kier alpha value is -3.81. The van der Waals surface area contributed by atoms with E-state index in [1.165, 1.54) is 6.07 Å². The van der Waals surface area contributed by atoms with E-state index in [1.807, 2.05) is 5.32 Å². The number of amides is 2. The number of alkyl carbamates (subject to hydrolysis) is 1. The highest BCUT2D eigenvalue weighted by atomic mass is 32.2. The van der Waals surface area contributed by atoms with Gasteiger partial charge in [0, 0.05) is 6.07 Å². The number of nitrogens with two attached hydrogens (primary N) is 1. The minimum atomic E-state index is -4.75. The summed E-state index contributed by atoms with van der Waals surface area (Å²) in [6.07, 6.45) is -5.39. The maximum atomic E-state index is 12.9. The number of ether oxygens (including phenoxy) is 1. The first-order valence-electron chi connectivity index (χ1n) is 8.11. The van der Waals surface area contributed by atoms with E-state index in [9.17, 15) is 31.2 Å². The normalized spacial score (nSPS) is 12.1. The second-order valence-corrected chi connectivity index (χ2v) is 7.16. The number of anilines is 1. The predicted molar refractivity (Wildman–Crippen MR) is 102 cm³/mol. The number of nitrogens with one attached hydrogen (secondary N) is 2. The van der Waals surface area contributed by atoms with Crippen LogP contribution in [0.15, 0.2) is 52.4 Å². The SMILES string of the molecule is COC(=O)NC(N)=Nc1cc(OS(=O)(=O)c2cccc(C(F)(F)F)c2)ccc1NC=O. The van der Waals surface area contributed by atoms with Crippen molar-refractivity contribution in [3.63, 3.8) is 0 Å². The summed E-state index contributed by atoms with van der Waals surface area (Å²) in [6.45, 7) is 0. The molecule has 0 aliphatic carbocycles. The van der Waals surface area contributed by atoms with Crippen molar-refractivity contribution < 1.29 is 40.1 Å². The Balaban J connectivity index is 2.40. The Morgan fingerprint density at radius 2 is 1.90 bits per heavy atom. The van der Waals surface area contributed by atoms with Crippen LogP contribution in [-0.2, 0) is 25.8 Å². The summed E-state index contributed by atoms with van der Waals surface area (Å²) in [7, 11) is -3.57. The molecule has 0 fully saturated rings. The summed E-state index contributed by atoms with van der Waals surface area (Å²) in [5, 5.41) is 4.32. The van der Waals surface area contributed by atoms with Crippen molar-refractivity contribution in [2.24, 2.45) is 10.7 Å². The van der Waals surface area contributed by atoms with E-state index in [0.717, 1.165) is 31.4 Å². The van der Waals surface area contributed by atoms with Gasteiger partial charge in [0.1, 0.15) is 10.6 Å². The quantitative estimate of drug-likeness (QED) is 0.259. The van der Waals surface area contributed by atoms with Crippen molar-refractivity contribution in [3.05, 3.63) is 48.0 Å². The molecule has 31 heavy (non-hydrogen) atoms. The lowest BCUT2D eigenvalue weighted by Crippen LogP contribution is -2.36. The monoisotopic (exact) mass is 460 g/mol. The molecule has 2 aromatic rings. The first-order chi connectivity index (χ1) is 14.5. The third-order valence-corrected chi connectivity index (χ3v) is 4.74. The van der Waals surface area contributed by atoms with Crippen molar-refractivity contribution in [2.75, 3.05) is 12.4 Å². The zero-order chi connectivity index (χ0) is 23.2. The second-order valence-electron chi connectivity index (χ2n) is 5.62. The van der Waals surface area contributed by atoms with Crippen LogP contribution in [0.4, 0.5) is 29.3 Å². The molecule has 0 aliphatic heterocycles. The third-order valence-electron chi connectivity index (χ3n) is 3.50. The second kappa shape index (κ2) is 9.34. The molecule has 2 aromatic carbocycles. The lowest BCUT2D eigenvalue weighted by molar-refractivity contribution is -0.137. The Morgan fingerprint density at radius 1 is 1.19 bits per heavy atom. The smallest absolute Gasteiger partial charge is 0.416 e. The van der Waals surface area contributed by atoms with E-state index in [4.69, 9.17) is 9.92 Å². The van der Waals surface area contributed by atoms with Gasteiger partial charge in [-0.3, -0.25) is 10.1 Å². The molecule has 0 saturated carbocycles. The lowest BCUT2D eigenvalue weighted by Gasteiger charge is -2.12. The molecule has 0 atom stereocenters. The van der Waals surface area contributed by atoms with Crippen molar-refractivity contribution in [3.8, 4) is 5.75 Å². The fourth-order valence-electron chi connectivity index (χ4n) is 2.16. The van der Waals surface area contributed by atoms with Gasteiger partial charge in [0.2, 0.25) is 12.4 Å². The number of carbonyl (C=O) groups is 2.